The molecule has 0 radical (unpaired) electrons. The molecular weight excluding hydrogens is 331 g/mol. The quantitative estimate of drug-likeness (QED) is 0.767. The largest absolute Gasteiger partial charge is 0.418 e. The van der Waals surface area contributed by atoms with Gasteiger partial charge < -0.3 is 9.88 Å². The molecule has 1 N–H and O–H groups in total. The van der Waals surface area contributed by atoms with Crippen LogP contribution in [0.25, 0.3) is 11.0 Å². The number of amides is 1. The Morgan fingerprint density at radius 3 is 2.60 bits per heavy atom. The van der Waals surface area contributed by atoms with Crippen molar-refractivity contribution in [1.82, 2.24) is 9.55 Å². The summed E-state index contributed by atoms with van der Waals surface area (Å²) in [7, 11) is 0. The summed E-state index contributed by atoms with van der Waals surface area (Å²) in [6, 6.07) is 9.23. The first kappa shape index (κ1) is 17.0. The van der Waals surface area contributed by atoms with Gasteiger partial charge >= 0.3 is 6.18 Å². The second kappa shape index (κ2) is 6.23. The van der Waals surface area contributed by atoms with Crippen LogP contribution in [0.2, 0.25) is 0 Å². The summed E-state index contributed by atoms with van der Waals surface area (Å²) in [5.41, 5.74) is 2.02. The topological polar surface area (TPSA) is 46.9 Å². The maximum Gasteiger partial charge on any atom is 0.418 e. The number of benzene rings is 2. The predicted molar refractivity (Wildman–Crippen MR) is 89.3 cm³/mol. The molecule has 0 aliphatic carbocycles. The number of imidazole rings is 1. The van der Waals surface area contributed by atoms with E-state index in [1.807, 2.05) is 26.0 Å². The van der Waals surface area contributed by atoms with Crippen LogP contribution in [-0.2, 0) is 17.5 Å². The molecule has 1 heterocycles. The third-order valence-electron chi connectivity index (χ3n) is 4.05. The first-order valence-electron chi connectivity index (χ1n) is 7.64. The lowest BCUT2D eigenvalue weighted by Gasteiger charge is -2.12. The maximum atomic E-state index is 13.2. The number of rotatable bonds is 3. The number of nitrogens with zero attached hydrogens (tertiary/aromatic N) is 2. The molecule has 0 bridgehead atoms. The van der Waals surface area contributed by atoms with E-state index in [9.17, 15) is 18.0 Å². The van der Waals surface area contributed by atoms with Crippen LogP contribution in [0.5, 0.6) is 0 Å². The van der Waals surface area contributed by atoms with E-state index in [2.05, 4.69) is 10.3 Å². The Balaban J connectivity index is 1.87. The molecule has 25 heavy (non-hydrogen) atoms. The minimum Gasteiger partial charge on any atom is -0.325 e. The highest BCUT2D eigenvalue weighted by Crippen LogP contribution is 2.34. The van der Waals surface area contributed by atoms with Gasteiger partial charge in [0.05, 0.1) is 22.9 Å². The number of halogens is 3. The van der Waals surface area contributed by atoms with Crippen molar-refractivity contribution in [1.29, 1.82) is 0 Å². The van der Waals surface area contributed by atoms with E-state index in [4.69, 9.17) is 0 Å². The number of anilines is 1. The lowest BCUT2D eigenvalue weighted by Crippen LogP contribution is -2.19. The molecule has 7 heteroatoms. The van der Waals surface area contributed by atoms with Crippen molar-refractivity contribution in [2.45, 2.75) is 26.6 Å². The van der Waals surface area contributed by atoms with Crippen molar-refractivity contribution in [3.8, 4) is 0 Å². The summed E-state index contributed by atoms with van der Waals surface area (Å²) >= 11 is 0. The molecule has 0 saturated carbocycles. The Morgan fingerprint density at radius 1 is 1.16 bits per heavy atom. The van der Waals surface area contributed by atoms with Crippen LogP contribution < -0.4 is 5.32 Å². The second-order valence-electron chi connectivity index (χ2n) is 5.89. The second-order valence-corrected chi connectivity index (χ2v) is 5.89. The van der Waals surface area contributed by atoms with Crippen molar-refractivity contribution in [2.24, 2.45) is 0 Å². The fourth-order valence-electron chi connectivity index (χ4n) is 2.65. The molecule has 0 saturated heterocycles. The minimum atomic E-state index is -4.51. The summed E-state index contributed by atoms with van der Waals surface area (Å²) < 4.78 is 40.8. The lowest BCUT2D eigenvalue weighted by atomic mass is 10.1. The maximum absolute atomic E-state index is 13.2. The van der Waals surface area contributed by atoms with E-state index in [-0.39, 0.29) is 17.6 Å². The predicted octanol–water partition coefficient (Wildman–Crippen LogP) is 4.31. The van der Waals surface area contributed by atoms with Gasteiger partial charge in [-0.15, -0.1) is 0 Å². The lowest BCUT2D eigenvalue weighted by molar-refractivity contribution is -0.136. The smallest absolute Gasteiger partial charge is 0.325 e. The Kier molecular flexibility index (Phi) is 4.24. The normalized spacial score (nSPS) is 11.7. The summed E-state index contributed by atoms with van der Waals surface area (Å²) in [5, 5.41) is 2.70. The highest BCUT2D eigenvalue weighted by molar-refractivity contribution is 5.92. The molecule has 1 amide bonds. The van der Waals surface area contributed by atoms with Gasteiger partial charge in [-0.25, -0.2) is 4.98 Å². The molecule has 0 aliphatic heterocycles. The molecule has 0 spiro atoms. The Morgan fingerprint density at radius 2 is 1.92 bits per heavy atom. The van der Waals surface area contributed by atoms with Crippen molar-refractivity contribution in [3.05, 3.63) is 59.4 Å². The monoisotopic (exact) mass is 347 g/mol. The van der Waals surface area contributed by atoms with Crippen molar-refractivity contribution in [3.63, 3.8) is 0 Å². The first-order chi connectivity index (χ1) is 11.8. The van der Waals surface area contributed by atoms with E-state index in [0.29, 0.717) is 5.69 Å². The van der Waals surface area contributed by atoms with E-state index in [0.717, 1.165) is 17.2 Å². The third-order valence-corrected chi connectivity index (χ3v) is 4.05. The highest BCUT2D eigenvalue weighted by atomic mass is 19.4. The molecule has 1 aromatic heterocycles. The van der Waals surface area contributed by atoms with Gasteiger partial charge in [-0.1, -0.05) is 12.1 Å². The molecular formula is C18H16F3N3O. The standard InChI is InChI=1S/C18H16F3N3O/c1-11-6-7-13(8-12(11)2)23-16(25)9-24-10-22-15-5-3-4-14(17(15)24)18(19,20)21/h3-8,10H,9H2,1-2H3,(H,23,25). The van der Waals surface area contributed by atoms with Gasteiger partial charge in [0, 0.05) is 5.69 Å². The van der Waals surface area contributed by atoms with E-state index < -0.39 is 17.6 Å². The SMILES string of the molecule is Cc1ccc(NC(=O)Cn2cnc3cccc(C(F)(F)F)c32)cc1C. The average Bonchev–Trinajstić information content (AvgIpc) is 2.93. The Hall–Kier alpha value is -2.83. The van der Waals surface area contributed by atoms with Crippen LogP contribution >= 0.6 is 0 Å². The van der Waals surface area contributed by atoms with Gasteiger partial charge in [0.25, 0.3) is 0 Å². The zero-order valence-corrected chi connectivity index (χ0v) is 13.7. The number of carbonyl (C=O) groups is 1. The molecule has 3 aromatic rings. The van der Waals surface area contributed by atoms with Gasteiger partial charge in [0.1, 0.15) is 6.54 Å². The van der Waals surface area contributed by atoms with Crippen LogP contribution in [-0.4, -0.2) is 15.5 Å². The number of hydrogen-bond donors (Lipinski definition) is 1. The van der Waals surface area contributed by atoms with Crippen molar-refractivity contribution >= 4 is 22.6 Å². The van der Waals surface area contributed by atoms with Gasteiger partial charge in [-0.3, -0.25) is 4.79 Å². The van der Waals surface area contributed by atoms with Gasteiger partial charge in [-0.2, -0.15) is 13.2 Å². The molecule has 0 aliphatic rings. The number of aryl methyl sites for hydroxylation is 2. The Labute approximate surface area is 142 Å². The molecule has 4 nitrogen and oxygen atoms in total. The van der Waals surface area contributed by atoms with Crippen LogP contribution in [0.4, 0.5) is 18.9 Å². The first-order valence-corrected chi connectivity index (χ1v) is 7.64. The van der Waals surface area contributed by atoms with E-state index in [1.54, 1.807) is 6.07 Å². The fourth-order valence-corrected chi connectivity index (χ4v) is 2.65. The number of fused-ring (bicyclic) bond motifs is 1. The van der Waals surface area contributed by atoms with Crippen molar-refractivity contribution in [2.75, 3.05) is 5.32 Å². The van der Waals surface area contributed by atoms with E-state index >= 15 is 0 Å². The number of alkyl halides is 3. The Bertz CT molecular complexity index is 944. The van der Waals surface area contributed by atoms with Crippen LogP contribution in [0, 0.1) is 13.8 Å². The summed E-state index contributed by atoms with van der Waals surface area (Å²) in [4.78, 5) is 16.2. The third kappa shape index (κ3) is 3.50. The zero-order valence-electron chi connectivity index (χ0n) is 13.7. The summed E-state index contributed by atoms with van der Waals surface area (Å²) in [5.74, 6) is -0.417. The number of carbonyl (C=O) groups excluding carboxylic acids is 1. The van der Waals surface area contributed by atoms with Crippen LogP contribution in [0.1, 0.15) is 16.7 Å². The van der Waals surface area contributed by atoms with Crippen molar-refractivity contribution < 1.29 is 18.0 Å². The van der Waals surface area contributed by atoms with Gasteiger partial charge in [-0.05, 0) is 49.2 Å². The fraction of sp³-hybridized carbons (Fsp3) is 0.222. The number of para-hydroxylation sites is 1. The summed E-state index contributed by atoms with van der Waals surface area (Å²) in [6.45, 7) is 3.62. The van der Waals surface area contributed by atoms with Crippen LogP contribution in [0.3, 0.4) is 0 Å². The number of hydrogen-bond acceptors (Lipinski definition) is 2. The van der Waals surface area contributed by atoms with E-state index in [1.165, 1.54) is 23.0 Å². The summed E-state index contributed by atoms with van der Waals surface area (Å²) in [6.07, 6.45) is -3.26. The average molecular weight is 347 g/mol. The number of nitrogens with one attached hydrogen (secondary N) is 1. The molecule has 0 fully saturated rings. The van der Waals surface area contributed by atoms with Gasteiger partial charge in [0.2, 0.25) is 5.91 Å². The number of aromatic nitrogens is 2. The molecule has 0 unspecified atom stereocenters. The van der Waals surface area contributed by atoms with Gasteiger partial charge in [0.15, 0.2) is 0 Å². The molecule has 130 valence electrons. The highest BCUT2D eigenvalue weighted by Gasteiger charge is 2.34. The molecule has 3 rings (SSSR count). The molecule has 0 atom stereocenters. The molecule has 2 aromatic carbocycles. The van der Waals surface area contributed by atoms with Crippen LogP contribution in [0.15, 0.2) is 42.7 Å². The zero-order chi connectivity index (χ0) is 18.2. The minimum absolute atomic E-state index is 0.0924.